The monoisotopic (exact) mass is 383 g/mol. The molecule has 0 amide bonds. The third kappa shape index (κ3) is 2.87. The van der Waals surface area contributed by atoms with Crippen molar-refractivity contribution in [3.63, 3.8) is 0 Å². The maximum absolute atomic E-state index is 12.9. The number of nitrogens with one attached hydrogen (secondary N) is 1. The Hall–Kier alpha value is -2.06. The number of benzene rings is 2. The van der Waals surface area contributed by atoms with Crippen molar-refractivity contribution >= 4 is 9.84 Å². The molecule has 0 radical (unpaired) electrons. The van der Waals surface area contributed by atoms with Gasteiger partial charge in [-0.15, -0.1) is 0 Å². The topological polar surface area (TPSA) is 55.4 Å². The van der Waals surface area contributed by atoms with Crippen molar-refractivity contribution in [1.82, 2.24) is 5.32 Å². The predicted octanol–water partition coefficient (Wildman–Crippen LogP) is 3.38. The Morgan fingerprint density at radius 3 is 2.62 bits per heavy atom. The largest absolute Gasteiger partial charge is 0.488 e. The molecule has 26 heavy (non-hydrogen) atoms. The van der Waals surface area contributed by atoms with E-state index in [1.54, 1.807) is 6.07 Å². The quantitative estimate of drug-likeness (QED) is 0.864. The summed E-state index contributed by atoms with van der Waals surface area (Å²) in [7, 11) is -4.07. The number of piperidine rings is 1. The van der Waals surface area contributed by atoms with Crippen LogP contribution in [0, 0.1) is 0 Å². The van der Waals surface area contributed by atoms with Crippen molar-refractivity contribution in [3.05, 3.63) is 53.6 Å². The minimum Gasteiger partial charge on any atom is -0.488 e. The number of sulfone groups is 1. The van der Waals surface area contributed by atoms with Crippen LogP contribution in [0.4, 0.5) is 13.2 Å². The van der Waals surface area contributed by atoms with Gasteiger partial charge in [0.05, 0.1) is 15.4 Å². The number of fused-ring (bicyclic) bond motifs is 3. The number of ether oxygens (including phenoxy) is 1. The van der Waals surface area contributed by atoms with Crippen molar-refractivity contribution in [2.75, 3.05) is 13.1 Å². The van der Waals surface area contributed by atoms with Crippen LogP contribution in [0.2, 0.25) is 0 Å². The van der Waals surface area contributed by atoms with Crippen LogP contribution in [-0.2, 0) is 16.0 Å². The summed E-state index contributed by atoms with van der Waals surface area (Å²) < 4.78 is 70.1. The highest BCUT2D eigenvalue weighted by Crippen LogP contribution is 2.43. The normalized spacial score (nSPS) is 22.4. The number of rotatable bonds is 2. The van der Waals surface area contributed by atoms with Crippen molar-refractivity contribution in [1.29, 1.82) is 0 Å². The first kappa shape index (κ1) is 17.4. The van der Waals surface area contributed by atoms with Gasteiger partial charge in [0.2, 0.25) is 9.84 Å². The molecule has 0 aliphatic carbocycles. The average molecular weight is 383 g/mol. The molecule has 2 atom stereocenters. The smallest absolute Gasteiger partial charge is 0.416 e. The standard InChI is InChI=1S/C18H16F3NO3S/c19-18(20,21)11-2-1-3-12(8-11)26(23,24)13-4-5-14-15-6-7-22-10-17(15)25-16(14)9-13/h1-5,8-9,15,17,22H,6-7,10H2. The summed E-state index contributed by atoms with van der Waals surface area (Å²) in [6.45, 7) is 1.56. The Morgan fingerprint density at radius 1 is 1.08 bits per heavy atom. The van der Waals surface area contributed by atoms with Crippen LogP contribution in [0.15, 0.2) is 52.3 Å². The fourth-order valence-electron chi connectivity index (χ4n) is 3.54. The van der Waals surface area contributed by atoms with E-state index in [2.05, 4.69) is 5.32 Å². The lowest BCUT2D eigenvalue weighted by molar-refractivity contribution is -0.137. The SMILES string of the molecule is O=S(=O)(c1cccc(C(F)(F)F)c1)c1ccc2c(c1)OC1CNCCC21. The van der Waals surface area contributed by atoms with Crippen LogP contribution in [0.5, 0.6) is 5.75 Å². The van der Waals surface area contributed by atoms with Gasteiger partial charge in [-0.1, -0.05) is 12.1 Å². The van der Waals surface area contributed by atoms with Gasteiger partial charge >= 0.3 is 6.18 Å². The van der Waals surface area contributed by atoms with E-state index < -0.39 is 21.6 Å². The van der Waals surface area contributed by atoms with Gasteiger partial charge < -0.3 is 10.1 Å². The van der Waals surface area contributed by atoms with Gasteiger partial charge in [-0.25, -0.2) is 8.42 Å². The van der Waals surface area contributed by atoms with Gasteiger partial charge in [0, 0.05) is 18.0 Å². The number of alkyl halides is 3. The lowest BCUT2D eigenvalue weighted by atomic mass is 9.90. The highest BCUT2D eigenvalue weighted by molar-refractivity contribution is 7.91. The molecule has 8 heteroatoms. The van der Waals surface area contributed by atoms with Gasteiger partial charge in [-0.05, 0) is 43.3 Å². The van der Waals surface area contributed by atoms with E-state index in [0.717, 1.165) is 30.7 Å². The Kier molecular flexibility index (Phi) is 4.00. The highest BCUT2D eigenvalue weighted by atomic mass is 32.2. The molecule has 4 rings (SSSR count). The molecule has 0 saturated carbocycles. The molecule has 2 heterocycles. The Bertz CT molecular complexity index is 956. The molecule has 2 aliphatic rings. The molecule has 0 bridgehead atoms. The zero-order valence-electron chi connectivity index (χ0n) is 13.6. The molecule has 1 N–H and O–H groups in total. The first-order chi connectivity index (χ1) is 12.3. The lowest BCUT2D eigenvalue weighted by Crippen LogP contribution is -2.39. The molecule has 2 unspecified atom stereocenters. The summed E-state index contributed by atoms with van der Waals surface area (Å²) in [5.41, 5.74) is -0.0347. The van der Waals surface area contributed by atoms with Crippen molar-refractivity contribution < 1.29 is 26.3 Å². The molecular formula is C18H16F3NO3S. The zero-order valence-corrected chi connectivity index (χ0v) is 14.4. The molecule has 2 aromatic rings. The number of hydrogen-bond donors (Lipinski definition) is 1. The first-order valence-electron chi connectivity index (χ1n) is 8.20. The second kappa shape index (κ2) is 5.99. The lowest BCUT2D eigenvalue weighted by Gasteiger charge is -2.24. The highest BCUT2D eigenvalue weighted by Gasteiger charge is 2.37. The minimum atomic E-state index is -4.60. The van der Waals surface area contributed by atoms with Gasteiger partial charge in [0.25, 0.3) is 0 Å². The summed E-state index contributed by atoms with van der Waals surface area (Å²) in [5, 5.41) is 3.23. The first-order valence-corrected chi connectivity index (χ1v) is 9.69. The van der Waals surface area contributed by atoms with Gasteiger partial charge in [0.1, 0.15) is 11.9 Å². The Labute approximate surface area is 148 Å². The number of halogens is 3. The maximum atomic E-state index is 12.9. The van der Waals surface area contributed by atoms with Crippen LogP contribution < -0.4 is 10.1 Å². The minimum absolute atomic E-state index is 0.0368. The molecule has 138 valence electrons. The molecule has 0 spiro atoms. The Balaban J connectivity index is 1.72. The maximum Gasteiger partial charge on any atom is 0.416 e. The fourth-order valence-corrected chi connectivity index (χ4v) is 4.86. The summed E-state index contributed by atoms with van der Waals surface area (Å²) in [4.78, 5) is -0.452. The molecule has 1 saturated heterocycles. The summed E-state index contributed by atoms with van der Waals surface area (Å²) >= 11 is 0. The van der Waals surface area contributed by atoms with Crippen LogP contribution in [0.3, 0.4) is 0 Å². The second-order valence-corrected chi connectivity index (χ2v) is 8.43. The average Bonchev–Trinajstić information content (AvgIpc) is 2.99. The fraction of sp³-hybridized carbons (Fsp3) is 0.333. The van der Waals surface area contributed by atoms with Crippen molar-refractivity contribution in [2.45, 2.75) is 34.4 Å². The van der Waals surface area contributed by atoms with Crippen LogP contribution in [0.25, 0.3) is 0 Å². The van der Waals surface area contributed by atoms with E-state index in [9.17, 15) is 21.6 Å². The van der Waals surface area contributed by atoms with Gasteiger partial charge in [-0.3, -0.25) is 0 Å². The van der Waals surface area contributed by atoms with E-state index in [0.29, 0.717) is 18.4 Å². The van der Waals surface area contributed by atoms with Crippen LogP contribution >= 0.6 is 0 Å². The molecule has 0 aromatic heterocycles. The van der Waals surface area contributed by atoms with Crippen LogP contribution in [0.1, 0.15) is 23.5 Å². The van der Waals surface area contributed by atoms with Gasteiger partial charge in [0.15, 0.2) is 0 Å². The summed E-state index contributed by atoms with van der Waals surface area (Å²) in [6, 6.07) is 8.36. The summed E-state index contributed by atoms with van der Waals surface area (Å²) in [5.74, 6) is 0.716. The molecule has 2 aromatic carbocycles. The summed E-state index contributed by atoms with van der Waals surface area (Å²) in [6.07, 6.45) is -3.74. The second-order valence-electron chi connectivity index (χ2n) is 6.48. The number of hydrogen-bond acceptors (Lipinski definition) is 4. The third-order valence-electron chi connectivity index (χ3n) is 4.87. The van der Waals surface area contributed by atoms with E-state index in [1.165, 1.54) is 18.2 Å². The van der Waals surface area contributed by atoms with Crippen LogP contribution in [-0.4, -0.2) is 27.6 Å². The van der Waals surface area contributed by atoms with Crippen molar-refractivity contribution in [3.8, 4) is 5.75 Å². The van der Waals surface area contributed by atoms with E-state index in [4.69, 9.17) is 4.74 Å². The van der Waals surface area contributed by atoms with Crippen molar-refractivity contribution in [2.24, 2.45) is 0 Å². The Morgan fingerprint density at radius 2 is 1.85 bits per heavy atom. The van der Waals surface area contributed by atoms with E-state index >= 15 is 0 Å². The molecule has 4 nitrogen and oxygen atoms in total. The molecule has 1 fully saturated rings. The zero-order chi connectivity index (χ0) is 18.5. The van der Waals surface area contributed by atoms with E-state index in [1.807, 2.05) is 0 Å². The molecular weight excluding hydrogens is 367 g/mol. The van der Waals surface area contributed by atoms with E-state index in [-0.39, 0.29) is 21.8 Å². The molecule has 2 aliphatic heterocycles. The van der Waals surface area contributed by atoms with Gasteiger partial charge in [-0.2, -0.15) is 13.2 Å². The third-order valence-corrected chi connectivity index (χ3v) is 6.62. The predicted molar refractivity (Wildman–Crippen MR) is 88.0 cm³/mol.